The highest BCUT2D eigenvalue weighted by Gasteiger charge is 2.41. The number of rotatable bonds is 7. The van der Waals surface area contributed by atoms with Crippen molar-refractivity contribution in [3.05, 3.63) is 0 Å². The maximum Gasteiger partial charge on any atom is 0.324 e. The molecule has 0 amide bonds. The molecule has 0 bridgehead atoms. The molecular weight excluding hydrogens is 300 g/mol. The predicted octanol–water partition coefficient (Wildman–Crippen LogP) is 0.102. The smallest absolute Gasteiger partial charge is 0.324 e. The molecule has 8 nitrogen and oxygen atoms in total. The number of nitrogens with one attached hydrogen (secondary N) is 1. The van der Waals surface area contributed by atoms with Crippen molar-refractivity contribution in [1.29, 1.82) is 0 Å². The molecule has 1 aliphatic heterocycles. The van der Waals surface area contributed by atoms with E-state index in [0.29, 0.717) is 12.8 Å². The summed E-state index contributed by atoms with van der Waals surface area (Å²) in [5.74, 6) is -1.68. The molecule has 0 spiro atoms. The maximum atomic E-state index is 12.4. The summed E-state index contributed by atoms with van der Waals surface area (Å²) in [4.78, 5) is 22.6. The molecule has 9 heteroatoms. The molecule has 1 unspecified atom stereocenters. The molecule has 1 saturated heterocycles. The number of carboxylic acid groups (broad SMARTS) is 1. The highest BCUT2D eigenvalue weighted by Crippen LogP contribution is 2.23. The minimum absolute atomic E-state index is 0.182. The van der Waals surface area contributed by atoms with Gasteiger partial charge in [-0.15, -0.1) is 0 Å². The normalized spacial score (nSPS) is 20.4. The van der Waals surface area contributed by atoms with Gasteiger partial charge in [0.05, 0.1) is 13.0 Å². The van der Waals surface area contributed by atoms with E-state index in [-0.39, 0.29) is 19.6 Å². The molecule has 0 aliphatic carbocycles. The van der Waals surface area contributed by atoms with Crippen LogP contribution in [0, 0.1) is 0 Å². The Bertz CT molecular complexity index is 502. The molecule has 0 aromatic carbocycles. The lowest BCUT2D eigenvalue weighted by atomic mass is 10.0. The highest BCUT2D eigenvalue weighted by molar-refractivity contribution is 7.87. The van der Waals surface area contributed by atoms with E-state index in [2.05, 4.69) is 4.72 Å². The molecular formula is C12H22N2O6S. The SMILES string of the molecule is CCOC(=O)C1CCCN1S(=O)(=O)NC(C)(C)CC(=O)O. The number of carboxylic acids is 1. The van der Waals surface area contributed by atoms with E-state index in [9.17, 15) is 18.0 Å². The van der Waals surface area contributed by atoms with Crippen molar-refractivity contribution in [2.24, 2.45) is 0 Å². The molecule has 1 rings (SSSR count). The van der Waals surface area contributed by atoms with Crippen LogP contribution >= 0.6 is 0 Å². The van der Waals surface area contributed by atoms with Gasteiger partial charge in [-0.25, -0.2) is 0 Å². The summed E-state index contributed by atoms with van der Waals surface area (Å²) in [7, 11) is -3.96. The van der Waals surface area contributed by atoms with E-state index in [1.54, 1.807) is 6.92 Å². The second-order valence-electron chi connectivity index (χ2n) is 5.58. The summed E-state index contributed by atoms with van der Waals surface area (Å²) in [5.41, 5.74) is -1.15. The second kappa shape index (κ2) is 6.71. The van der Waals surface area contributed by atoms with E-state index < -0.39 is 33.7 Å². The Morgan fingerprint density at radius 1 is 1.43 bits per heavy atom. The number of ether oxygens (including phenoxy) is 1. The molecule has 1 aliphatic rings. The van der Waals surface area contributed by atoms with Crippen molar-refractivity contribution < 1.29 is 27.9 Å². The Kier molecular flexibility index (Phi) is 5.71. The molecule has 122 valence electrons. The van der Waals surface area contributed by atoms with Crippen LogP contribution in [0.1, 0.15) is 40.0 Å². The van der Waals surface area contributed by atoms with Gasteiger partial charge in [0.1, 0.15) is 6.04 Å². The number of aliphatic carboxylic acids is 1. The summed E-state index contributed by atoms with van der Waals surface area (Å²) >= 11 is 0. The third-order valence-electron chi connectivity index (χ3n) is 3.07. The topological polar surface area (TPSA) is 113 Å². The molecule has 1 fully saturated rings. The van der Waals surface area contributed by atoms with Gasteiger partial charge in [-0.05, 0) is 33.6 Å². The van der Waals surface area contributed by atoms with Crippen LogP contribution < -0.4 is 4.72 Å². The van der Waals surface area contributed by atoms with Gasteiger partial charge in [0.2, 0.25) is 0 Å². The van der Waals surface area contributed by atoms with Crippen molar-refractivity contribution in [1.82, 2.24) is 9.03 Å². The third kappa shape index (κ3) is 4.94. The predicted molar refractivity (Wildman–Crippen MR) is 74.7 cm³/mol. The van der Waals surface area contributed by atoms with Gasteiger partial charge in [-0.2, -0.15) is 17.4 Å². The van der Waals surface area contributed by atoms with E-state index in [4.69, 9.17) is 9.84 Å². The summed E-state index contributed by atoms with van der Waals surface area (Å²) in [5, 5.41) is 8.80. The second-order valence-corrected chi connectivity index (χ2v) is 7.21. The van der Waals surface area contributed by atoms with Gasteiger partial charge in [0, 0.05) is 12.1 Å². The molecule has 0 saturated carbocycles. The lowest BCUT2D eigenvalue weighted by Gasteiger charge is -2.29. The third-order valence-corrected chi connectivity index (χ3v) is 4.93. The lowest BCUT2D eigenvalue weighted by molar-refractivity contribution is -0.147. The standard InChI is InChI=1S/C12H22N2O6S/c1-4-20-11(17)9-6-5-7-14(9)21(18,19)13-12(2,3)8-10(15)16/h9,13H,4-8H2,1-3H3,(H,15,16). The van der Waals surface area contributed by atoms with Crippen LogP contribution in [0.3, 0.4) is 0 Å². The van der Waals surface area contributed by atoms with Gasteiger partial charge in [-0.3, -0.25) is 9.59 Å². The lowest BCUT2D eigenvalue weighted by Crippen LogP contribution is -2.53. The van der Waals surface area contributed by atoms with Crippen LogP contribution in [-0.2, 0) is 24.5 Å². The minimum Gasteiger partial charge on any atom is -0.481 e. The van der Waals surface area contributed by atoms with E-state index in [0.717, 1.165) is 4.31 Å². The first-order chi connectivity index (χ1) is 9.59. The van der Waals surface area contributed by atoms with Crippen LogP contribution in [0.4, 0.5) is 0 Å². The number of hydrogen-bond donors (Lipinski definition) is 2. The van der Waals surface area contributed by atoms with E-state index >= 15 is 0 Å². The Labute approximate surface area is 124 Å². The molecule has 0 radical (unpaired) electrons. The molecule has 21 heavy (non-hydrogen) atoms. The van der Waals surface area contributed by atoms with Crippen LogP contribution in [0.25, 0.3) is 0 Å². The average Bonchev–Trinajstić information content (AvgIpc) is 2.74. The van der Waals surface area contributed by atoms with E-state index in [1.165, 1.54) is 13.8 Å². The quantitative estimate of drug-likeness (QED) is 0.643. The summed E-state index contributed by atoms with van der Waals surface area (Å²) < 4.78 is 33.0. The average molecular weight is 322 g/mol. The first kappa shape index (κ1) is 17.9. The Morgan fingerprint density at radius 2 is 2.05 bits per heavy atom. The van der Waals surface area contributed by atoms with Crippen molar-refractivity contribution in [3.63, 3.8) is 0 Å². The zero-order valence-corrected chi connectivity index (χ0v) is 13.3. The molecule has 0 aromatic heterocycles. The van der Waals surface area contributed by atoms with Crippen LogP contribution in [0.2, 0.25) is 0 Å². The van der Waals surface area contributed by atoms with Crippen molar-refractivity contribution in [2.75, 3.05) is 13.2 Å². The summed E-state index contributed by atoms with van der Waals surface area (Å²) in [6.45, 7) is 5.01. The monoisotopic (exact) mass is 322 g/mol. The van der Waals surface area contributed by atoms with Gasteiger partial charge in [0.25, 0.3) is 10.2 Å². The number of esters is 1. The van der Waals surface area contributed by atoms with Gasteiger partial charge in [0.15, 0.2) is 0 Å². The number of nitrogens with zero attached hydrogens (tertiary/aromatic N) is 1. The zero-order valence-electron chi connectivity index (χ0n) is 12.5. The van der Waals surface area contributed by atoms with Crippen LogP contribution in [0.15, 0.2) is 0 Å². The highest BCUT2D eigenvalue weighted by atomic mass is 32.2. The molecule has 2 N–H and O–H groups in total. The first-order valence-corrected chi connectivity index (χ1v) is 8.22. The van der Waals surface area contributed by atoms with Crippen molar-refractivity contribution in [2.45, 2.75) is 51.6 Å². The molecule has 0 aromatic rings. The fourth-order valence-electron chi connectivity index (χ4n) is 2.32. The van der Waals surface area contributed by atoms with Crippen LogP contribution in [-0.4, -0.2) is 54.5 Å². The van der Waals surface area contributed by atoms with Gasteiger partial charge < -0.3 is 9.84 Å². The first-order valence-electron chi connectivity index (χ1n) is 6.78. The Balaban J connectivity index is 2.86. The summed E-state index contributed by atoms with van der Waals surface area (Å²) in [6, 6.07) is -0.844. The van der Waals surface area contributed by atoms with E-state index in [1.807, 2.05) is 0 Å². The Hall–Kier alpha value is -1.19. The van der Waals surface area contributed by atoms with Crippen LogP contribution in [0.5, 0.6) is 0 Å². The van der Waals surface area contributed by atoms with Gasteiger partial charge >= 0.3 is 11.9 Å². The number of hydrogen-bond acceptors (Lipinski definition) is 5. The fraction of sp³-hybridized carbons (Fsp3) is 0.833. The molecule has 1 atom stereocenters. The summed E-state index contributed by atoms with van der Waals surface area (Å²) in [6.07, 6.45) is 0.604. The van der Waals surface area contributed by atoms with Crippen molar-refractivity contribution >= 4 is 22.1 Å². The number of carbonyl (C=O) groups excluding carboxylic acids is 1. The Morgan fingerprint density at radius 3 is 2.57 bits per heavy atom. The molecule has 1 heterocycles. The minimum atomic E-state index is -3.96. The number of carbonyl (C=O) groups is 2. The fourth-order valence-corrected chi connectivity index (χ4v) is 4.11. The zero-order chi connectivity index (χ0) is 16.3. The van der Waals surface area contributed by atoms with Gasteiger partial charge in [-0.1, -0.05) is 0 Å². The van der Waals surface area contributed by atoms with Crippen molar-refractivity contribution in [3.8, 4) is 0 Å². The largest absolute Gasteiger partial charge is 0.481 e. The maximum absolute atomic E-state index is 12.4.